The maximum Gasteiger partial charge on any atom is 0.0751 e. The van der Waals surface area contributed by atoms with Gasteiger partial charge >= 0.3 is 0 Å². The van der Waals surface area contributed by atoms with Gasteiger partial charge in [0, 0.05) is 12.2 Å². The Bertz CT molecular complexity index is 610. The Kier molecular flexibility index (Phi) is 4.23. The zero-order valence-electron chi connectivity index (χ0n) is 12.7. The number of hydrogen-bond acceptors (Lipinski definition) is 3. The van der Waals surface area contributed by atoms with Crippen molar-refractivity contribution in [2.45, 2.75) is 19.2 Å². The molecule has 2 aromatic carbocycles. The first-order chi connectivity index (χ1) is 10.2. The van der Waals surface area contributed by atoms with Crippen molar-refractivity contribution in [2.75, 3.05) is 26.0 Å². The molecule has 0 amide bonds. The van der Waals surface area contributed by atoms with Gasteiger partial charge in [0.05, 0.1) is 19.3 Å². The van der Waals surface area contributed by atoms with Gasteiger partial charge in [-0.05, 0) is 42.9 Å². The fraction of sp³-hybridized carbons (Fsp3) is 0.333. The quantitative estimate of drug-likeness (QED) is 0.930. The first-order valence-electron chi connectivity index (χ1n) is 7.38. The fourth-order valence-corrected chi connectivity index (χ4v) is 2.83. The van der Waals surface area contributed by atoms with E-state index in [0.717, 1.165) is 25.4 Å². The van der Waals surface area contributed by atoms with E-state index in [1.165, 1.54) is 16.7 Å². The van der Waals surface area contributed by atoms with Crippen LogP contribution in [0.4, 0.5) is 5.69 Å². The Morgan fingerprint density at radius 2 is 2.00 bits per heavy atom. The molecular weight excluding hydrogens is 260 g/mol. The molecular formula is C18H22N2O. The summed E-state index contributed by atoms with van der Waals surface area (Å²) in [5, 5.41) is 3.61. The molecule has 0 aromatic heterocycles. The molecule has 2 aromatic rings. The normalized spacial score (nSPS) is 17.6. The lowest BCUT2D eigenvalue weighted by molar-refractivity contribution is 0.0970. The van der Waals surface area contributed by atoms with E-state index in [4.69, 9.17) is 4.74 Å². The SMILES string of the molecule is CN(C)Cc1cccc(NC2COCc3ccccc32)c1. The summed E-state index contributed by atoms with van der Waals surface area (Å²) in [6.45, 7) is 2.39. The summed E-state index contributed by atoms with van der Waals surface area (Å²) in [5.41, 5.74) is 5.10. The van der Waals surface area contributed by atoms with Gasteiger partial charge in [0.15, 0.2) is 0 Å². The van der Waals surface area contributed by atoms with Gasteiger partial charge in [0.25, 0.3) is 0 Å². The van der Waals surface area contributed by atoms with Gasteiger partial charge in [0.1, 0.15) is 0 Å². The number of nitrogens with zero attached hydrogens (tertiary/aromatic N) is 1. The van der Waals surface area contributed by atoms with Gasteiger partial charge in [-0.3, -0.25) is 0 Å². The first kappa shape index (κ1) is 14.1. The lowest BCUT2D eigenvalue weighted by atomic mass is 9.99. The molecule has 1 atom stereocenters. The summed E-state index contributed by atoms with van der Waals surface area (Å²) in [4.78, 5) is 2.18. The van der Waals surface area contributed by atoms with Gasteiger partial charge in [-0.15, -0.1) is 0 Å². The van der Waals surface area contributed by atoms with E-state index >= 15 is 0 Å². The summed E-state index contributed by atoms with van der Waals surface area (Å²) in [5.74, 6) is 0. The van der Waals surface area contributed by atoms with Crippen LogP contribution in [-0.2, 0) is 17.9 Å². The smallest absolute Gasteiger partial charge is 0.0751 e. The molecule has 0 fully saturated rings. The molecule has 21 heavy (non-hydrogen) atoms. The van der Waals surface area contributed by atoms with E-state index in [2.05, 4.69) is 72.8 Å². The molecule has 1 heterocycles. The molecule has 0 saturated heterocycles. The average Bonchev–Trinajstić information content (AvgIpc) is 2.47. The van der Waals surface area contributed by atoms with Gasteiger partial charge in [-0.1, -0.05) is 36.4 Å². The number of benzene rings is 2. The van der Waals surface area contributed by atoms with Crippen molar-refractivity contribution in [2.24, 2.45) is 0 Å². The summed E-state index contributed by atoms with van der Waals surface area (Å²) in [6, 6.07) is 17.3. The topological polar surface area (TPSA) is 24.5 Å². The van der Waals surface area contributed by atoms with Gasteiger partial charge < -0.3 is 15.0 Å². The van der Waals surface area contributed by atoms with Gasteiger partial charge in [-0.2, -0.15) is 0 Å². The number of nitrogens with one attached hydrogen (secondary N) is 1. The second-order valence-corrected chi connectivity index (χ2v) is 5.85. The second-order valence-electron chi connectivity index (χ2n) is 5.85. The van der Waals surface area contributed by atoms with Crippen molar-refractivity contribution in [3.05, 3.63) is 65.2 Å². The van der Waals surface area contributed by atoms with Crippen LogP contribution in [0.1, 0.15) is 22.7 Å². The lowest BCUT2D eigenvalue weighted by Gasteiger charge is -2.27. The number of hydrogen-bond donors (Lipinski definition) is 1. The van der Waals surface area contributed by atoms with E-state index < -0.39 is 0 Å². The van der Waals surface area contributed by atoms with Gasteiger partial charge in [0.2, 0.25) is 0 Å². The van der Waals surface area contributed by atoms with E-state index in [9.17, 15) is 0 Å². The van der Waals surface area contributed by atoms with Crippen LogP contribution >= 0.6 is 0 Å². The van der Waals surface area contributed by atoms with Crippen molar-refractivity contribution >= 4 is 5.69 Å². The zero-order valence-corrected chi connectivity index (χ0v) is 12.7. The molecule has 1 aliphatic rings. The predicted octanol–water partition coefficient (Wildman–Crippen LogP) is 3.43. The van der Waals surface area contributed by atoms with Crippen molar-refractivity contribution in [1.82, 2.24) is 4.90 Å². The maximum absolute atomic E-state index is 5.70. The van der Waals surface area contributed by atoms with Crippen molar-refractivity contribution in [3.63, 3.8) is 0 Å². The molecule has 0 radical (unpaired) electrons. The molecule has 1 N–H and O–H groups in total. The highest BCUT2D eigenvalue weighted by Crippen LogP contribution is 2.28. The van der Waals surface area contributed by atoms with Crippen LogP contribution in [0.2, 0.25) is 0 Å². The molecule has 0 aliphatic carbocycles. The molecule has 1 unspecified atom stereocenters. The van der Waals surface area contributed by atoms with Crippen LogP contribution in [-0.4, -0.2) is 25.6 Å². The molecule has 110 valence electrons. The minimum absolute atomic E-state index is 0.226. The Hall–Kier alpha value is -1.84. The summed E-state index contributed by atoms with van der Waals surface area (Å²) in [6.07, 6.45) is 0. The highest BCUT2D eigenvalue weighted by Gasteiger charge is 2.19. The number of ether oxygens (including phenoxy) is 1. The number of anilines is 1. The summed E-state index contributed by atoms with van der Waals surface area (Å²) in [7, 11) is 4.18. The lowest BCUT2D eigenvalue weighted by Crippen LogP contribution is -2.23. The molecule has 3 nitrogen and oxygen atoms in total. The third-order valence-electron chi connectivity index (χ3n) is 3.74. The average molecular weight is 282 g/mol. The minimum atomic E-state index is 0.226. The summed E-state index contributed by atoms with van der Waals surface area (Å²) < 4.78 is 5.70. The first-order valence-corrected chi connectivity index (χ1v) is 7.38. The molecule has 1 aliphatic heterocycles. The van der Waals surface area contributed by atoms with Crippen molar-refractivity contribution in [1.29, 1.82) is 0 Å². The van der Waals surface area contributed by atoms with Crippen LogP contribution in [0.15, 0.2) is 48.5 Å². The van der Waals surface area contributed by atoms with Crippen molar-refractivity contribution in [3.8, 4) is 0 Å². The number of rotatable bonds is 4. The Morgan fingerprint density at radius 3 is 2.86 bits per heavy atom. The van der Waals surface area contributed by atoms with Crippen molar-refractivity contribution < 1.29 is 4.74 Å². The van der Waals surface area contributed by atoms with Crippen LogP contribution in [0.3, 0.4) is 0 Å². The second kappa shape index (κ2) is 6.29. The fourth-order valence-electron chi connectivity index (χ4n) is 2.83. The molecule has 0 bridgehead atoms. The Labute approximate surface area is 126 Å². The Balaban J connectivity index is 1.78. The molecule has 0 saturated carbocycles. The third-order valence-corrected chi connectivity index (χ3v) is 3.74. The van der Waals surface area contributed by atoms with Crippen LogP contribution in [0.5, 0.6) is 0 Å². The van der Waals surface area contributed by atoms with E-state index in [1.807, 2.05) is 0 Å². The predicted molar refractivity (Wildman–Crippen MR) is 86.3 cm³/mol. The standard InChI is InChI=1S/C18H22N2O/c1-20(2)11-14-6-5-8-16(10-14)19-18-13-21-12-15-7-3-4-9-17(15)18/h3-10,18-19H,11-13H2,1-2H3. The molecule has 3 heteroatoms. The van der Waals surface area contributed by atoms with E-state index in [0.29, 0.717) is 0 Å². The number of fused-ring (bicyclic) bond motifs is 1. The monoisotopic (exact) mass is 282 g/mol. The highest BCUT2D eigenvalue weighted by atomic mass is 16.5. The van der Waals surface area contributed by atoms with Crippen LogP contribution < -0.4 is 5.32 Å². The Morgan fingerprint density at radius 1 is 1.14 bits per heavy atom. The molecule has 3 rings (SSSR count). The van der Waals surface area contributed by atoms with E-state index in [-0.39, 0.29) is 6.04 Å². The van der Waals surface area contributed by atoms with Crippen LogP contribution in [0.25, 0.3) is 0 Å². The van der Waals surface area contributed by atoms with Crippen LogP contribution in [0, 0.1) is 0 Å². The largest absolute Gasteiger partial charge is 0.376 e. The maximum atomic E-state index is 5.70. The van der Waals surface area contributed by atoms with Gasteiger partial charge in [-0.25, -0.2) is 0 Å². The highest BCUT2D eigenvalue weighted by molar-refractivity contribution is 5.49. The molecule has 0 spiro atoms. The third kappa shape index (κ3) is 3.43. The summed E-state index contributed by atoms with van der Waals surface area (Å²) >= 11 is 0. The van der Waals surface area contributed by atoms with E-state index in [1.54, 1.807) is 0 Å². The minimum Gasteiger partial charge on any atom is -0.376 e. The zero-order chi connectivity index (χ0) is 14.7.